The summed E-state index contributed by atoms with van der Waals surface area (Å²) in [6, 6.07) is 15.7. The number of carbonyl (C=O) groups is 2. The van der Waals surface area contributed by atoms with E-state index < -0.39 is 17.6 Å². The zero-order valence-corrected chi connectivity index (χ0v) is 41.2. The van der Waals surface area contributed by atoms with E-state index in [0.717, 1.165) is 132 Å². The number of hydrogen-bond donors (Lipinski definition) is 3. The van der Waals surface area contributed by atoms with Crippen LogP contribution in [0.4, 0.5) is 23.0 Å². The summed E-state index contributed by atoms with van der Waals surface area (Å²) in [6.07, 6.45) is 12.2. The summed E-state index contributed by atoms with van der Waals surface area (Å²) >= 11 is 0. The van der Waals surface area contributed by atoms with Crippen molar-refractivity contribution >= 4 is 34.9 Å². The number of nitrogen functional groups attached to an aromatic ring is 1. The van der Waals surface area contributed by atoms with Gasteiger partial charge in [0.25, 0.3) is 0 Å². The molecule has 6 fully saturated rings. The average Bonchev–Trinajstić information content (AvgIpc) is 4.13. The van der Waals surface area contributed by atoms with Crippen LogP contribution in [0.5, 0.6) is 11.6 Å². The fraction of sp³-hybridized carbons (Fsp3) is 0.623. The lowest BCUT2D eigenvalue weighted by atomic mass is 9.91. The van der Waals surface area contributed by atoms with Crippen molar-refractivity contribution in [3.05, 3.63) is 60.5 Å². The summed E-state index contributed by atoms with van der Waals surface area (Å²) in [6.45, 7) is 16.9. The Kier molecular flexibility index (Phi) is 13.5. The number of benzene rings is 1. The Bertz CT molecular complexity index is 2400. The third-order valence-electron chi connectivity index (χ3n) is 15.5. The molecule has 5 aliphatic heterocycles. The third-order valence-corrected chi connectivity index (χ3v) is 15.5. The van der Waals surface area contributed by atoms with E-state index >= 15 is 0 Å². The van der Waals surface area contributed by atoms with Crippen molar-refractivity contribution in [2.24, 2.45) is 11.8 Å². The summed E-state index contributed by atoms with van der Waals surface area (Å²) in [5.74, 6) is 2.57. The molecule has 2 bridgehead atoms. The number of ether oxygens (including phenoxy) is 3. The lowest BCUT2D eigenvalue weighted by Gasteiger charge is -2.43. The first-order valence-corrected chi connectivity index (χ1v) is 25.8. The van der Waals surface area contributed by atoms with E-state index in [4.69, 9.17) is 24.5 Å². The quantitative estimate of drug-likeness (QED) is 0.105. The Morgan fingerprint density at radius 2 is 1.62 bits per heavy atom. The maximum atomic E-state index is 14.0. The number of amides is 1. The molecule has 6 aliphatic rings. The fourth-order valence-corrected chi connectivity index (χ4v) is 12.0. The van der Waals surface area contributed by atoms with Crippen molar-refractivity contribution in [1.82, 2.24) is 24.9 Å². The topological polar surface area (TPSA) is 179 Å². The molecular weight excluding hydrogens is 875 g/mol. The van der Waals surface area contributed by atoms with E-state index in [1.165, 1.54) is 0 Å². The summed E-state index contributed by atoms with van der Waals surface area (Å²) in [5, 5.41) is 14.9. The summed E-state index contributed by atoms with van der Waals surface area (Å²) in [5.41, 5.74) is 9.64. The third kappa shape index (κ3) is 10.4. The van der Waals surface area contributed by atoms with Crippen LogP contribution in [0.2, 0.25) is 0 Å². The van der Waals surface area contributed by atoms with Crippen LogP contribution in [-0.4, -0.2) is 136 Å². The number of nitrogens with one attached hydrogen (secondary N) is 1. The molecule has 1 aliphatic carbocycles. The Labute approximate surface area is 406 Å². The summed E-state index contributed by atoms with van der Waals surface area (Å²) in [7, 11) is 0. The van der Waals surface area contributed by atoms with Crippen molar-refractivity contribution in [2.75, 3.05) is 72.8 Å². The van der Waals surface area contributed by atoms with Gasteiger partial charge in [0.1, 0.15) is 35.2 Å². The second-order valence-electron chi connectivity index (χ2n) is 22.0. The second kappa shape index (κ2) is 19.7. The Morgan fingerprint density at radius 3 is 2.33 bits per heavy atom. The number of rotatable bonds is 14. The number of esters is 1. The molecule has 1 aromatic carbocycles. The maximum absolute atomic E-state index is 14.0. The van der Waals surface area contributed by atoms with Crippen molar-refractivity contribution in [1.29, 1.82) is 0 Å². The monoisotopic (exact) mass is 948 g/mol. The number of likely N-dealkylation sites (tertiary alicyclic amines) is 2. The van der Waals surface area contributed by atoms with Crippen LogP contribution in [0.3, 0.4) is 0 Å². The van der Waals surface area contributed by atoms with E-state index in [-0.39, 0.29) is 35.8 Å². The van der Waals surface area contributed by atoms with E-state index in [1.54, 1.807) is 11.0 Å². The molecule has 10 rings (SSSR count). The number of piperazine rings is 1. The van der Waals surface area contributed by atoms with E-state index in [9.17, 15) is 14.7 Å². The predicted octanol–water partition coefficient (Wildman–Crippen LogP) is 7.59. The highest BCUT2D eigenvalue weighted by Crippen LogP contribution is 2.42. The van der Waals surface area contributed by atoms with Crippen LogP contribution in [0.1, 0.15) is 111 Å². The SMILES string of the molecule is CC(C)[C@@H](C(=O)N1CCC[C@H]1C(=O)OC(C)(C)C)c1cc(N2CCC(CN3CCC(O[C@H]4C[C@H](Oc5cc(N6C7CCC6CN(c6cc(-c8ccccc8O)[nH]c6N)C7)ccn5)C4)CC3)CC2)no1. The number of nitrogens with zero attached hydrogens (tertiary/aromatic N) is 7. The first kappa shape index (κ1) is 47.2. The van der Waals surface area contributed by atoms with Gasteiger partial charge in [0.05, 0.1) is 23.6 Å². The highest BCUT2D eigenvalue weighted by Gasteiger charge is 2.44. The number of anilines is 4. The van der Waals surface area contributed by atoms with Gasteiger partial charge in [-0.3, -0.25) is 4.79 Å². The van der Waals surface area contributed by atoms with Gasteiger partial charge in [0.2, 0.25) is 11.8 Å². The van der Waals surface area contributed by atoms with Gasteiger partial charge in [-0.2, -0.15) is 0 Å². The number of fused-ring (bicyclic) bond motifs is 2. The molecule has 1 amide bonds. The van der Waals surface area contributed by atoms with Gasteiger partial charge in [0, 0.05) is 107 Å². The van der Waals surface area contributed by atoms with Gasteiger partial charge in [-0.15, -0.1) is 0 Å². The van der Waals surface area contributed by atoms with Gasteiger partial charge in [-0.25, -0.2) is 9.78 Å². The maximum Gasteiger partial charge on any atom is 0.329 e. The number of carbonyl (C=O) groups excluding carboxylic acids is 2. The number of phenols is 1. The number of H-pyrrole nitrogens is 1. The molecule has 372 valence electrons. The van der Waals surface area contributed by atoms with Crippen molar-refractivity contribution in [3.63, 3.8) is 0 Å². The number of nitrogens with two attached hydrogens (primary N) is 1. The minimum Gasteiger partial charge on any atom is -0.507 e. The molecule has 2 unspecified atom stereocenters. The number of pyridine rings is 1. The second-order valence-corrected chi connectivity index (χ2v) is 22.0. The lowest BCUT2D eigenvalue weighted by Crippen LogP contribution is -2.54. The highest BCUT2D eigenvalue weighted by molar-refractivity contribution is 5.89. The molecule has 4 atom stereocenters. The van der Waals surface area contributed by atoms with E-state index in [2.05, 4.69) is 52.9 Å². The number of hydrogen-bond acceptors (Lipinski definition) is 14. The zero-order valence-electron chi connectivity index (χ0n) is 41.2. The lowest BCUT2D eigenvalue weighted by molar-refractivity contribution is -0.163. The largest absolute Gasteiger partial charge is 0.507 e. The summed E-state index contributed by atoms with van der Waals surface area (Å²) < 4.78 is 24.6. The summed E-state index contributed by atoms with van der Waals surface area (Å²) in [4.78, 5) is 46.5. The van der Waals surface area contributed by atoms with Crippen molar-refractivity contribution in [3.8, 4) is 22.9 Å². The smallest absolute Gasteiger partial charge is 0.329 e. The molecule has 0 radical (unpaired) electrons. The number of para-hydroxylation sites is 1. The Balaban J connectivity index is 0.636. The van der Waals surface area contributed by atoms with Gasteiger partial charge < -0.3 is 59.1 Å². The van der Waals surface area contributed by atoms with Crippen LogP contribution in [-0.2, 0) is 19.1 Å². The first-order valence-electron chi connectivity index (χ1n) is 25.8. The number of aromatic amines is 1. The highest BCUT2D eigenvalue weighted by atomic mass is 16.6. The van der Waals surface area contributed by atoms with Crippen LogP contribution in [0.15, 0.2) is 59.3 Å². The molecule has 69 heavy (non-hydrogen) atoms. The van der Waals surface area contributed by atoms with Gasteiger partial charge >= 0.3 is 5.97 Å². The number of aromatic nitrogens is 3. The van der Waals surface area contributed by atoms with Crippen molar-refractivity contribution in [2.45, 2.75) is 147 Å². The molecule has 3 aromatic heterocycles. The van der Waals surface area contributed by atoms with Crippen LogP contribution < -0.4 is 25.2 Å². The minimum atomic E-state index is -0.609. The molecular formula is C53H73N9O7. The molecule has 4 N–H and O–H groups in total. The number of aromatic hydroxyl groups is 1. The average molecular weight is 948 g/mol. The van der Waals surface area contributed by atoms with E-state index in [0.29, 0.717) is 54.5 Å². The molecule has 16 heteroatoms. The standard InChI is InChI=1S/C53H73N9O7/c1-33(2)49(51(64)61-20-8-10-43(61)52(65)68-53(3,4)5)46-29-47(57-69-46)59-23-15-34(16-24-59)30-58-21-17-38(18-22-58)66-39-26-40(27-39)67-48-25-35(14-19-55-48)62-36-12-13-37(62)32-60(31-36)44-28-42(56-50(44)54)41-9-6-7-11-45(41)63/h6-7,9,11,14,19,25,28-29,33-34,36-40,43,49,56,63H,8,10,12-13,15-18,20-24,26-27,30-32,54H2,1-5H3/t36?,37?,39-,40-,43-,49+/m0/s1. The zero-order chi connectivity index (χ0) is 48.0. The van der Waals surface area contributed by atoms with Gasteiger partial charge in [-0.1, -0.05) is 31.1 Å². The fourth-order valence-electron chi connectivity index (χ4n) is 12.0. The molecule has 8 heterocycles. The molecule has 1 saturated carbocycles. The van der Waals surface area contributed by atoms with Crippen molar-refractivity contribution < 1.29 is 33.4 Å². The Hall–Kier alpha value is -5.48. The molecule has 5 saturated heterocycles. The minimum absolute atomic E-state index is 0.0215. The number of piperidine rings is 2. The van der Waals surface area contributed by atoms with Gasteiger partial charge in [-0.05, 0) is 108 Å². The van der Waals surface area contributed by atoms with Gasteiger partial charge in [0.15, 0.2) is 11.6 Å². The molecule has 0 spiro atoms. The van der Waals surface area contributed by atoms with Crippen LogP contribution >= 0.6 is 0 Å². The number of phenolic OH excluding ortho intramolecular Hbond substituents is 1. The van der Waals surface area contributed by atoms with Crippen LogP contribution in [0.25, 0.3) is 11.3 Å². The predicted molar refractivity (Wildman–Crippen MR) is 266 cm³/mol. The van der Waals surface area contributed by atoms with Crippen LogP contribution in [0, 0.1) is 11.8 Å². The normalized spacial score (nSPS) is 25.3. The molecule has 4 aromatic rings. The molecule has 16 nitrogen and oxygen atoms in total. The Morgan fingerprint density at radius 1 is 0.884 bits per heavy atom. The van der Waals surface area contributed by atoms with E-state index in [1.807, 2.05) is 65.1 Å². The first-order chi connectivity index (χ1) is 33.2.